The summed E-state index contributed by atoms with van der Waals surface area (Å²) in [4.78, 5) is 3.14. The summed E-state index contributed by atoms with van der Waals surface area (Å²) >= 11 is 2.00. The summed E-state index contributed by atoms with van der Waals surface area (Å²) in [6, 6.07) is 0. The molecule has 74 valence electrons. The van der Waals surface area contributed by atoms with Crippen molar-refractivity contribution >= 4 is 11.3 Å². The van der Waals surface area contributed by atoms with Gasteiger partial charge in [-0.3, -0.25) is 0 Å². The summed E-state index contributed by atoms with van der Waals surface area (Å²) < 4.78 is 0. The molecule has 1 aromatic rings. The standard InChI is InChI=1S/C12H20S/c1-7(2)11-9(5)10(6)12(13-11)8(3)4/h7-8H,1-6H3. The lowest BCUT2D eigenvalue weighted by Gasteiger charge is -2.02. The molecule has 0 fully saturated rings. The second kappa shape index (κ2) is 3.83. The fraction of sp³-hybridized carbons (Fsp3) is 0.667. The van der Waals surface area contributed by atoms with Gasteiger partial charge in [0, 0.05) is 9.75 Å². The molecule has 1 heteroatoms. The van der Waals surface area contributed by atoms with E-state index in [1.165, 1.54) is 11.1 Å². The smallest absolute Gasteiger partial charge is 0.0106 e. The molecule has 0 radical (unpaired) electrons. The average Bonchev–Trinajstić information content (AvgIpc) is 2.29. The van der Waals surface area contributed by atoms with Crippen LogP contribution >= 0.6 is 11.3 Å². The van der Waals surface area contributed by atoms with Gasteiger partial charge in [-0.1, -0.05) is 27.7 Å². The van der Waals surface area contributed by atoms with Crippen LogP contribution in [-0.2, 0) is 0 Å². The van der Waals surface area contributed by atoms with Crippen LogP contribution in [0.25, 0.3) is 0 Å². The van der Waals surface area contributed by atoms with Crippen LogP contribution in [-0.4, -0.2) is 0 Å². The summed E-state index contributed by atoms with van der Waals surface area (Å²) in [5, 5.41) is 0. The van der Waals surface area contributed by atoms with Crippen molar-refractivity contribution in [1.29, 1.82) is 0 Å². The van der Waals surface area contributed by atoms with E-state index in [1.807, 2.05) is 11.3 Å². The number of thiophene rings is 1. The fourth-order valence-corrected chi connectivity index (χ4v) is 3.06. The highest BCUT2D eigenvalue weighted by Gasteiger charge is 2.15. The van der Waals surface area contributed by atoms with Gasteiger partial charge in [0.1, 0.15) is 0 Å². The average molecular weight is 196 g/mol. The van der Waals surface area contributed by atoms with Crippen molar-refractivity contribution in [2.45, 2.75) is 53.4 Å². The minimum atomic E-state index is 0.677. The molecule has 0 aliphatic heterocycles. The molecule has 0 amide bonds. The van der Waals surface area contributed by atoms with E-state index in [2.05, 4.69) is 41.5 Å². The van der Waals surface area contributed by atoms with Gasteiger partial charge in [0.05, 0.1) is 0 Å². The Balaban J connectivity index is 3.20. The first kappa shape index (κ1) is 10.8. The molecular formula is C12H20S. The molecule has 0 saturated carbocycles. The third kappa shape index (κ3) is 1.96. The zero-order valence-electron chi connectivity index (χ0n) is 9.56. The van der Waals surface area contributed by atoms with E-state index in [0.717, 1.165) is 0 Å². The van der Waals surface area contributed by atoms with E-state index in [4.69, 9.17) is 0 Å². The first-order chi connectivity index (χ1) is 5.95. The van der Waals surface area contributed by atoms with Gasteiger partial charge in [0.15, 0.2) is 0 Å². The van der Waals surface area contributed by atoms with E-state index in [0.29, 0.717) is 11.8 Å². The van der Waals surface area contributed by atoms with Crippen LogP contribution in [0.1, 0.15) is 60.4 Å². The highest BCUT2D eigenvalue weighted by molar-refractivity contribution is 7.12. The second-order valence-corrected chi connectivity index (χ2v) is 5.47. The minimum Gasteiger partial charge on any atom is -0.144 e. The van der Waals surface area contributed by atoms with Gasteiger partial charge in [-0.2, -0.15) is 0 Å². The maximum absolute atomic E-state index is 2.28. The lowest BCUT2D eigenvalue weighted by molar-refractivity contribution is 0.874. The SMILES string of the molecule is Cc1c(C(C)C)sc(C(C)C)c1C. The maximum Gasteiger partial charge on any atom is 0.0106 e. The Hall–Kier alpha value is -0.300. The van der Waals surface area contributed by atoms with E-state index in [1.54, 1.807) is 9.75 Å². The molecule has 1 heterocycles. The fourth-order valence-electron chi connectivity index (χ4n) is 1.74. The van der Waals surface area contributed by atoms with Crippen LogP contribution in [0.5, 0.6) is 0 Å². The van der Waals surface area contributed by atoms with E-state index in [-0.39, 0.29) is 0 Å². The van der Waals surface area contributed by atoms with Crippen LogP contribution in [0.3, 0.4) is 0 Å². The monoisotopic (exact) mass is 196 g/mol. The summed E-state index contributed by atoms with van der Waals surface area (Å²) in [5.74, 6) is 1.35. The van der Waals surface area contributed by atoms with Gasteiger partial charge in [-0.05, 0) is 36.8 Å². The Morgan fingerprint density at radius 2 is 1.08 bits per heavy atom. The Morgan fingerprint density at radius 1 is 0.769 bits per heavy atom. The van der Waals surface area contributed by atoms with Crippen LogP contribution < -0.4 is 0 Å². The highest BCUT2D eigenvalue weighted by atomic mass is 32.1. The Labute approximate surface area is 86.0 Å². The molecule has 1 aromatic heterocycles. The summed E-state index contributed by atoms with van der Waals surface area (Å²) in [6.07, 6.45) is 0. The van der Waals surface area contributed by atoms with Crippen molar-refractivity contribution in [3.63, 3.8) is 0 Å². The van der Waals surface area contributed by atoms with Crippen molar-refractivity contribution < 1.29 is 0 Å². The number of hydrogen-bond donors (Lipinski definition) is 0. The quantitative estimate of drug-likeness (QED) is 0.648. The van der Waals surface area contributed by atoms with Crippen molar-refractivity contribution in [2.75, 3.05) is 0 Å². The van der Waals surface area contributed by atoms with Crippen LogP contribution in [0.2, 0.25) is 0 Å². The van der Waals surface area contributed by atoms with Gasteiger partial charge in [0.25, 0.3) is 0 Å². The zero-order chi connectivity index (χ0) is 10.2. The Kier molecular flexibility index (Phi) is 3.18. The van der Waals surface area contributed by atoms with Gasteiger partial charge in [-0.15, -0.1) is 11.3 Å². The van der Waals surface area contributed by atoms with Crippen LogP contribution in [0.4, 0.5) is 0 Å². The predicted molar refractivity (Wildman–Crippen MR) is 62.0 cm³/mol. The molecule has 1 rings (SSSR count). The second-order valence-electron chi connectivity index (χ2n) is 4.39. The predicted octanol–water partition coefficient (Wildman–Crippen LogP) is 4.61. The first-order valence-electron chi connectivity index (χ1n) is 5.04. The molecule has 0 aliphatic carbocycles. The van der Waals surface area contributed by atoms with Crippen LogP contribution in [0, 0.1) is 13.8 Å². The van der Waals surface area contributed by atoms with Crippen molar-refractivity contribution in [3.8, 4) is 0 Å². The normalized spacial score (nSPS) is 11.7. The molecule has 0 aliphatic rings. The van der Waals surface area contributed by atoms with E-state index in [9.17, 15) is 0 Å². The van der Waals surface area contributed by atoms with Crippen molar-refractivity contribution in [3.05, 3.63) is 20.9 Å². The number of rotatable bonds is 2. The maximum atomic E-state index is 2.28. The minimum absolute atomic E-state index is 0.677. The number of hydrogen-bond acceptors (Lipinski definition) is 1. The third-order valence-electron chi connectivity index (χ3n) is 2.57. The molecule has 0 spiro atoms. The summed E-state index contributed by atoms with van der Waals surface area (Å²) in [5.41, 5.74) is 3.03. The largest absolute Gasteiger partial charge is 0.144 e. The molecule has 0 aromatic carbocycles. The first-order valence-corrected chi connectivity index (χ1v) is 5.86. The van der Waals surface area contributed by atoms with Crippen molar-refractivity contribution in [2.24, 2.45) is 0 Å². The molecule has 0 saturated heterocycles. The molecule has 0 N–H and O–H groups in total. The lowest BCUT2D eigenvalue weighted by atomic mass is 10.0. The molecule has 0 unspecified atom stereocenters. The van der Waals surface area contributed by atoms with Gasteiger partial charge in [0.2, 0.25) is 0 Å². The van der Waals surface area contributed by atoms with E-state index >= 15 is 0 Å². The summed E-state index contributed by atoms with van der Waals surface area (Å²) in [6.45, 7) is 13.6. The molecule has 0 nitrogen and oxygen atoms in total. The van der Waals surface area contributed by atoms with Gasteiger partial charge < -0.3 is 0 Å². The highest BCUT2D eigenvalue weighted by Crippen LogP contribution is 2.36. The summed E-state index contributed by atoms with van der Waals surface area (Å²) in [7, 11) is 0. The Bertz CT molecular complexity index is 264. The zero-order valence-corrected chi connectivity index (χ0v) is 10.4. The van der Waals surface area contributed by atoms with Gasteiger partial charge >= 0.3 is 0 Å². The molecular weight excluding hydrogens is 176 g/mol. The van der Waals surface area contributed by atoms with Gasteiger partial charge in [-0.25, -0.2) is 0 Å². The molecule has 13 heavy (non-hydrogen) atoms. The topological polar surface area (TPSA) is 0 Å². The van der Waals surface area contributed by atoms with Crippen molar-refractivity contribution in [1.82, 2.24) is 0 Å². The lowest BCUT2D eigenvalue weighted by Crippen LogP contribution is -1.86. The molecule has 0 bridgehead atoms. The molecule has 0 atom stereocenters. The third-order valence-corrected chi connectivity index (χ3v) is 4.57. The van der Waals surface area contributed by atoms with E-state index < -0.39 is 0 Å². The van der Waals surface area contributed by atoms with Crippen LogP contribution in [0.15, 0.2) is 0 Å². The Morgan fingerprint density at radius 3 is 1.23 bits per heavy atom.